The molecule has 1 N–H and O–H groups in total. The van der Waals surface area contributed by atoms with Gasteiger partial charge in [-0.1, -0.05) is 0 Å². The highest BCUT2D eigenvalue weighted by atomic mass is 19.1. The molecule has 3 rings (SSSR count). The number of fused-ring (bicyclic) bond motifs is 1. The summed E-state index contributed by atoms with van der Waals surface area (Å²) in [5.41, 5.74) is 3.39. The van der Waals surface area contributed by atoms with E-state index in [2.05, 4.69) is 20.3 Å². The molecule has 0 aliphatic rings. The van der Waals surface area contributed by atoms with E-state index in [9.17, 15) is 4.39 Å². The second-order valence-corrected chi connectivity index (χ2v) is 4.53. The van der Waals surface area contributed by atoms with Crippen LogP contribution in [0.15, 0.2) is 48.9 Å². The Morgan fingerprint density at radius 3 is 2.55 bits per heavy atom. The number of nitrogens with zero attached hydrogens (tertiary/aromatic N) is 3. The third kappa shape index (κ3) is 2.56. The monoisotopic (exact) mass is 268 g/mol. The van der Waals surface area contributed by atoms with Crippen LogP contribution >= 0.6 is 0 Å². The quantitative estimate of drug-likeness (QED) is 0.791. The number of nitrogens with one attached hydrogen (secondary N) is 1. The average molecular weight is 268 g/mol. The van der Waals surface area contributed by atoms with Crippen molar-refractivity contribution in [2.45, 2.75) is 13.0 Å². The van der Waals surface area contributed by atoms with Gasteiger partial charge in [0, 0.05) is 18.1 Å². The number of pyridine rings is 1. The van der Waals surface area contributed by atoms with Crippen LogP contribution in [0.1, 0.15) is 18.7 Å². The molecular formula is C15H13FN4. The van der Waals surface area contributed by atoms with E-state index < -0.39 is 0 Å². The van der Waals surface area contributed by atoms with Crippen molar-refractivity contribution in [3.05, 3.63) is 60.4 Å². The summed E-state index contributed by atoms with van der Waals surface area (Å²) in [5.74, 6) is -0.332. The maximum atomic E-state index is 12.9. The fourth-order valence-electron chi connectivity index (χ4n) is 2.02. The van der Waals surface area contributed by atoms with Gasteiger partial charge in [-0.15, -0.1) is 0 Å². The van der Waals surface area contributed by atoms with Gasteiger partial charge in [0.25, 0.3) is 0 Å². The number of hydrogen-bond donors (Lipinski definition) is 1. The third-order valence-corrected chi connectivity index (χ3v) is 3.05. The van der Waals surface area contributed by atoms with E-state index in [1.165, 1.54) is 12.3 Å². The van der Waals surface area contributed by atoms with Crippen LogP contribution < -0.4 is 5.32 Å². The molecular weight excluding hydrogens is 255 g/mol. The zero-order chi connectivity index (χ0) is 13.9. The zero-order valence-electron chi connectivity index (χ0n) is 10.9. The summed E-state index contributed by atoms with van der Waals surface area (Å²) in [5, 5.41) is 3.32. The Hall–Kier alpha value is -2.56. The van der Waals surface area contributed by atoms with Crippen molar-refractivity contribution in [2.75, 3.05) is 5.32 Å². The Morgan fingerprint density at radius 1 is 1.00 bits per heavy atom. The summed E-state index contributed by atoms with van der Waals surface area (Å²) < 4.78 is 12.9. The number of rotatable bonds is 3. The molecule has 0 radical (unpaired) electrons. The first-order chi connectivity index (χ1) is 9.72. The van der Waals surface area contributed by atoms with Crippen LogP contribution in [-0.4, -0.2) is 15.0 Å². The highest BCUT2D eigenvalue weighted by molar-refractivity contribution is 5.78. The first-order valence-corrected chi connectivity index (χ1v) is 6.31. The van der Waals surface area contributed by atoms with Gasteiger partial charge in [-0.3, -0.25) is 15.0 Å². The summed E-state index contributed by atoms with van der Waals surface area (Å²) in [6.45, 7) is 1.97. The van der Waals surface area contributed by atoms with Gasteiger partial charge >= 0.3 is 0 Å². The summed E-state index contributed by atoms with van der Waals surface area (Å²) in [6, 6.07) is 8.85. The second-order valence-electron chi connectivity index (χ2n) is 4.53. The van der Waals surface area contributed by atoms with E-state index in [4.69, 9.17) is 0 Å². The van der Waals surface area contributed by atoms with Crippen molar-refractivity contribution in [3.8, 4) is 0 Å². The topological polar surface area (TPSA) is 50.7 Å². The van der Waals surface area contributed by atoms with Crippen LogP contribution in [-0.2, 0) is 0 Å². The molecule has 0 bridgehead atoms. The van der Waals surface area contributed by atoms with Crippen LogP contribution in [0, 0.1) is 5.82 Å². The maximum absolute atomic E-state index is 12.9. The van der Waals surface area contributed by atoms with Crippen LogP contribution in [0.25, 0.3) is 11.0 Å². The van der Waals surface area contributed by atoms with Crippen molar-refractivity contribution in [1.29, 1.82) is 0 Å². The lowest BCUT2D eigenvalue weighted by Crippen LogP contribution is -2.08. The molecule has 0 aliphatic carbocycles. The number of hydrogen-bond acceptors (Lipinski definition) is 4. The summed E-state index contributed by atoms with van der Waals surface area (Å²) in [4.78, 5) is 12.6. The minimum absolute atomic E-state index is 0.0234. The van der Waals surface area contributed by atoms with E-state index in [0.29, 0.717) is 0 Å². The minimum atomic E-state index is -0.332. The van der Waals surface area contributed by atoms with Crippen molar-refractivity contribution >= 4 is 16.7 Å². The predicted molar refractivity (Wildman–Crippen MR) is 75.8 cm³/mol. The molecule has 0 aliphatic heterocycles. The van der Waals surface area contributed by atoms with Gasteiger partial charge in [0.05, 0.1) is 29.0 Å². The van der Waals surface area contributed by atoms with Crippen molar-refractivity contribution < 1.29 is 4.39 Å². The highest BCUT2D eigenvalue weighted by Gasteiger charge is 2.07. The molecule has 0 amide bonds. The SMILES string of the molecule is CC(Nc1ccc2nccnc2c1)c1ccc(F)cn1. The average Bonchev–Trinajstić information content (AvgIpc) is 2.48. The maximum Gasteiger partial charge on any atom is 0.141 e. The fourth-order valence-corrected chi connectivity index (χ4v) is 2.02. The molecule has 2 heterocycles. The first kappa shape index (κ1) is 12.5. The van der Waals surface area contributed by atoms with Crippen molar-refractivity contribution in [2.24, 2.45) is 0 Å². The van der Waals surface area contributed by atoms with Crippen molar-refractivity contribution in [3.63, 3.8) is 0 Å². The lowest BCUT2D eigenvalue weighted by molar-refractivity contribution is 0.617. The van der Waals surface area contributed by atoms with Gasteiger partial charge in [0.1, 0.15) is 5.82 Å². The molecule has 0 fully saturated rings. The Bertz CT molecular complexity index is 727. The fraction of sp³-hybridized carbons (Fsp3) is 0.133. The molecule has 4 nitrogen and oxygen atoms in total. The number of benzene rings is 1. The molecule has 0 saturated heterocycles. The minimum Gasteiger partial charge on any atom is -0.377 e. The van der Waals surface area contributed by atoms with Crippen LogP contribution in [0.3, 0.4) is 0 Å². The Balaban J connectivity index is 1.83. The standard InChI is InChI=1S/C15H13FN4/c1-10(13-4-2-11(16)9-19-13)20-12-3-5-14-15(8-12)18-7-6-17-14/h2-10,20H,1H3. The van der Waals surface area contributed by atoms with Crippen molar-refractivity contribution in [1.82, 2.24) is 15.0 Å². The molecule has 5 heteroatoms. The Labute approximate surface area is 115 Å². The molecule has 20 heavy (non-hydrogen) atoms. The van der Waals surface area contributed by atoms with Gasteiger partial charge in [-0.05, 0) is 37.3 Å². The zero-order valence-corrected chi connectivity index (χ0v) is 10.9. The third-order valence-electron chi connectivity index (χ3n) is 3.05. The molecule has 0 spiro atoms. The van der Waals surface area contributed by atoms with E-state index in [-0.39, 0.29) is 11.9 Å². The lowest BCUT2D eigenvalue weighted by atomic mass is 10.2. The molecule has 0 saturated carbocycles. The van der Waals surface area contributed by atoms with Gasteiger partial charge in [0.15, 0.2) is 0 Å². The molecule has 3 aromatic rings. The Morgan fingerprint density at radius 2 is 1.80 bits per heavy atom. The Kier molecular flexibility index (Phi) is 3.25. The first-order valence-electron chi connectivity index (χ1n) is 6.31. The normalized spacial score (nSPS) is 12.3. The van der Waals surface area contributed by atoms with Crippen LogP contribution in [0.4, 0.5) is 10.1 Å². The predicted octanol–water partition coefficient (Wildman–Crippen LogP) is 3.34. The lowest BCUT2D eigenvalue weighted by Gasteiger charge is -2.14. The second kappa shape index (κ2) is 5.21. The summed E-state index contributed by atoms with van der Waals surface area (Å²) in [7, 11) is 0. The van der Waals surface area contributed by atoms with Gasteiger partial charge in [-0.25, -0.2) is 4.39 Å². The largest absolute Gasteiger partial charge is 0.377 e. The number of halogens is 1. The molecule has 1 unspecified atom stereocenters. The molecule has 1 atom stereocenters. The van der Waals surface area contributed by atoms with Crippen LogP contribution in [0.5, 0.6) is 0 Å². The number of aromatic nitrogens is 3. The summed E-state index contributed by atoms with van der Waals surface area (Å²) >= 11 is 0. The summed E-state index contributed by atoms with van der Waals surface area (Å²) in [6.07, 6.45) is 4.55. The number of anilines is 1. The van der Waals surface area contributed by atoms with Gasteiger partial charge < -0.3 is 5.32 Å². The molecule has 1 aromatic carbocycles. The van der Waals surface area contributed by atoms with Crippen LogP contribution in [0.2, 0.25) is 0 Å². The van der Waals surface area contributed by atoms with E-state index >= 15 is 0 Å². The smallest absolute Gasteiger partial charge is 0.141 e. The van der Waals surface area contributed by atoms with Gasteiger partial charge in [-0.2, -0.15) is 0 Å². The highest BCUT2D eigenvalue weighted by Crippen LogP contribution is 2.20. The van der Waals surface area contributed by atoms with E-state index in [1.54, 1.807) is 18.5 Å². The van der Waals surface area contributed by atoms with Gasteiger partial charge in [0.2, 0.25) is 0 Å². The van der Waals surface area contributed by atoms with E-state index in [1.807, 2.05) is 25.1 Å². The van der Waals surface area contributed by atoms with E-state index in [0.717, 1.165) is 22.4 Å². The molecule has 100 valence electrons. The molecule has 2 aromatic heterocycles.